The van der Waals surface area contributed by atoms with Crippen LogP contribution in [0.25, 0.3) is 0 Å². The molecule has 7 nitrogen and oxygen atoms in total. The summed E-state index contributed by atoms with van der Waals surface area (Å²) in [5.41, 5.74) is 0.946. The molecule has 0 fully saturated rings. The van der Waals surface area contributed by atoms with Crippen molar-refractivity contribution in [1.82, 2.24) is 14.8 Å². The molecule has 0 spiro atoms. The maximum absolute atomic E-state index is 11.0. The zero-order chi connectivity index (χ0) is 13.2. The van der Waals surface area contributed by atoms with Crippen LogP contribution in [0.2, 0.25) is 0 Å². The highest BCUT2D eigenvalue weighted by Gasteiger charge is 2.13. The van der Waals surface area contributed by atoms with E-state index in [1.807, 2.05) is 24.3 Å². The highest BCUT2D eigenvalue weighted by molar-refractivity contribution is 7.89. The molecule has 0 saturated carbocycles. The molecule has 2 rings (SSSR count). The van der Waals surface area contributed by atoms with Crippen molar-refractivity contribution in [3.63, 3.8) is 0 Å². The summed E-state index contributed by atoms with van der Waals surface area (Å²) in [6.07, 6.45) is 1.32. The fourth-order valence-corrected chi connectivity index (χ4v) is 1.81. The number of ether oxygens (including phenoxy) is 1. The Morgan fingerprint density at radius 2 is 2.00 bits per heavy atom. The van der Waals surface area contributed by atoms with Crippen LogP contribution in [0.15, 0.2) is 35.7 Å². The predicted octanol–water partition coefficient (Wildman–Crippen LogP) is -0.0176. The van der Waals surface area contributed by atoms with Crippen molar-refractivity contribution in [2.75, 3.05) is 7.11 Å². The molecule has 0 unspecified atom stereocenters. The number of methoxy groups -OCH3 is 1. The van der Waals surface area contributed by atoms with Gasteiger partial charge in [-0.05, 0) is 17.7 Å². The first-order valence-corrected chi connectivity index (χ1v) is 6.59. The molecule has 0 aliphatic rings. The number of nitrogens with two attached hydrogens (primary N) is 1. The van der Waals surface area contributed by atoms with E-state index >= 15 is 0 Å². The number of hydrogen-bond donors (Lipinski definition) is 1. The molecule has 0 saturated heterocycles. The van der Waals surface area contributed by atoms with Crippen LogP contribution in [0.3, 0.4) is 0 Å². The summed E-state index contributed by atoms with van der Waals surface area (Å²) in [4.78, 5) is 3.63. The first kappa shape index (κ1) is 12.5. The van der Waals surface area contributed by atoms with Gasteiger partial charge in [-0.3, -0.25) is 0 Å². The van der Waals surface area contributed by atoms with Gasteiger partial charge in [-0.25, -0.2) is 23.2 Å². The number of nitrogens with zero attached hydrogens (tertiary/aromatic N) is 3. The van der Waals surface area contributed by atoms with E-state index in [1.165, 1.54) is 11.0 Å². The van der Waals surface area contributed by atoms with E-state index in [0.717, 1.165) is 11.3 Å². The molecule has 0 bridgehead atoms. The average Bonchev–Trinajstić information content (AvgIpc) is 2.78. The van der Waals surface area contributed by atoms with Crippen LogP contribution in [-0.4, -0.2) is 30.3 Å². The Hall–Kier alpha value is -1.93. The van der Waals surface area contributed by atoms with Gasteiger partial charge >= 0.3 is 0 Å². The number of primary sulfonamides is 1. The molecule has 1 heterocycles. The normalized spacial score (nSPS) is 11.4. The lowest BCUT2D eigenvalue weighted by atomic mass is 10.2. The first-order chi connectivity index (χ1) is 8.49. The Labute approximate surface area is 104 Å². The van der Waals surface area contributed by atoms with Gasteiger partial charge in [-0.1, -0.05) is 12.1 Å². The van der Waals surface area contributed by atoms with Gasteiger partial charge in [0.05, 0.1) is 13.7 Å². The minimum absolute atomic E-state index is 0.379. The molecule has 0 aliphatic carbocycles. The van der Waals surface area contributed by atoms with Crippen LogP contribution in [-0.2, 0) is 16.6 Å². The molecule has 96 valence electrons. The van der Waals surface area contributed by atoms with Crippen molar-refractivity contribution in [3.8, 4) is 5.75 Å². The smallest absolute Gasteiger partial charge is 0.281 e. The number of aromatic nitrogens is 3. The molecule has 0 amide bonds. The van der Waals surface area contributed by atoms with E-state index < -0.39 is 10.0 Å². The lowest BCUT2D eigenvalue weighted by Gasteiger charge is -2.03. The molecule has 2 N–H and O–H groups in total. The van der Waals surface area contributed by atoms with Gasteiger partial charge in [0, 0.05) is 0 Å². The number of sulfonamides is 1. The van der Waals surface area contributed by atoms with E-state index in [4.69, 9.17) is 9.88 Å². The monoisotopic (exact) mass is 268 g/mol. The lowest BCUT2D eigenvalue weighted by Crippen LogP contribution is -2.14. The molecule has 1 aromatic carbocycles. The van der Waals surface area contributed by atoms with E-state index in [2.05, 4.69) is 10.1 Å². The quantitative estimate of drug-likeness (QED) is 0.840. The summed E-state index contributed by atoms with van der Waals surface area (Å²) in [5, 5.41) is 8.32. The molecule has 1 aromatic heterocycles. The van der Waals surface area contributed by atoms with E-state index in [1.54, 1.807) is 7.11 Å². The topological polar surface area (TPSA) is 100 Å². The van der Waals surface area contributed by atoms with Gasteiger partial charge in [0.1, 0.15) is 12.1 Å². The molecule has 0 radical (unpaired) electrons. The molecular weight excluding hydrogens is 256 g/mol. The second-order valence-corrected chi connectivity index (χ2v) is 5.07. The maximum atomic E-state index is 11.0. The Bertz CT molecular complexity index is 633. The van der Waals surface area contributed by atoms with Crippen molar-refractivity contribution in [2.45, 2.75) is 11.7 Å². The van der Waals surface area contributed by atoms with Gasteiger partial charge in [-0.2, -0.15) is 0 Å². The van der Waals surface area contributed by atoms with Crippen molar-refractivity contribution < 1.29 is 13.2 Å². The highest BCUT2D eigenvalue weighted by atomic mass is 32.2. The number of hydrogen-bond acceptors (Lipinski definition) is 5. The van der Waals surface area contributed by atoms with Crippen LogP contribution in [0.1, 0.15) is 5.56 Å². The van der Waals surface area contributed by atoms with Crippen molar-refractivity contribution in [2.24, 2.45) is 5.14 Å². The lowest BCUT2D eigenvalue weighted by molar-refractivity contribution is 0.414. The maximum Gasteiger partial charge on any atom is 0.281 e. The fourth-order valence-electron chi connectivity index (χ4n) is 1.40. The minimum atomic E-state index is -3.85. The van der Waals surface area contributed by atoms with Gasteiger partial charge in [-0.15, -0.1) is 5.10 Å². The van der Waals surface area contributed by atoms with Crippen LogP contribution in [0.5, 0.6) is 5.75 Å². The van der Waals surface area contributed by atoms with Crippen molar-refractivity contribution >= 4 is 10.0 Å². The molecule has 18 heavy (non-hydrogen) atoms. The zero-order valence-electron chi connectivity index (χ0n) is 9.65. The fraction of sp³-hybridized carbons (Fsp3) is 0.200. The standard InChI is InChI=1S/C10H12N4O3S/c1-17-9-4-2-8(3-5-9)6-14-7-12-10(13-14)18(11,15)16/h2-5,7H,6H2,1H3,(H2,11,15,16). The summed E-state index contributed by atoms with van der Waals surface area (Å²) in [6.45, 7) is 0.409. The summed E-state index contributed by atoms with van der Waals surface area (Å²) in [5.74, 6) is 0.752. The third-order valence-corrected chi connectivity index (χ3v) is 2.97. The van der Waals surface area contributed by atoms with Crippen LogP contribution < -0.4 is 9.88 Å². The predicted molar refractivity (Wildman–Crippen MR) is 63.5 cm³/mol. The van der Waals surface area contributed by atoms with Crippen LogP contribution >= 0.6 is 0 Å². The van der Waals surface area contributed by atoms with Gasteiger partial charge in [0.15, 0.2) is 0 Å². The highest BCUT2D eigenvalue weighted by Crippen LogP contribution is 2.12. The summed E-state index contributed by atoms with van der Waals surface area (Å²) in [6, 6.07) is 7.34. The summed E-state index contributed by atoms with van der Waals surface area (Å²) in [7, 11) is -2.26. The SMILES string of the molecule is COc1ccc(Cn2cnc(S(N)(=O)=O)n2)cc1. The molecule has 0 atom stereocenters. The molecule has 2 aromatic rings. The van der Waals surface area contributed by atoms with E-state index in [-0.39, 0.29) is 5.16 Å². The second kappa shape index (κ2) is 4.75. The van der Waals surface area contributed by atoms with Gasteiger partial charge in [0.25, 0.3) is 15.2 Å². The number of rotatable bonds is 4. The molecule has 0 aliphatic heterocycles. The van der Waals surface area contributed by atoms with Gasteiger partial charge in [0.2, 0.25) is 0 Å². The van der Waals surface area contributed by atoms with Gasteiger partial charge < -0.3 is 4.74 Å². The average molecular weight is 268 g/mol. The number of benzene rings is 1. The van der Waals surface area contributed by atoms with E-state index in [9.17, 15) is 8.42 Å². The van der Waals surface area contributed by atoms with Crippen LogP contribution in [0, 0.1) is 0 Å². The Balaban J connectivity index is 2.16. The van der Waals surface area contributed by atoms with Crippen molar-refractivity contribution in [3.05, 3.63) is 36.2 Å². The van der Waals surface area contributed by atoms with Crippen molar-refractivity contribution in [1.29, 1.82) is 0 Å². The summed E-state index contributed by atoms with van der Waals surface area (Å²) < 4.78 is 28.5. The minimum Gasteiger partial charge on any atom is -0.497 e. The third kappa shape index (κ3) is 2.84. The Morgan fingerprint density at radius 1 is 1.33 bits per heavy atom. The second-order valence-electron chi connectivity index (χ2n) is 3.62. The zero-order valence-corrected chi connectivity index (χ0v) is 10.5. The Morgan fingerprint density at radius 3 is 2.50 bits per heavy atom. The largest absolute Gasteiger partial charge is 0.497 e. The van der Waals surface area contributed by atoms with Crippen LogP contribution in [0.4, 0.5) is 0 Å². The third-order valence-electron chi connectivity index (χ3n) is 2.27. The molecule has 8 heteroatoms. The summed E-state index contributed by atoms with van der Waals surface area (Å²) >= 11 is 0. The first-order valence-electron chi connectivity index (χ1n) is 5.04. The van der Waals surface area contributed by atoms with E-state index in [0.29, 0.717) is 6.54 Å². The Kier molecular flexibility index (Phi) is 3.30. The molecular formula is C10H12N4O3S.